The van der Waals surface area contributed by atoms with Gasteiger partial charge in [0, 0.05) is 6.21 Å². The first-order chi connectivity index (χ1) is 12.2. The van der Waals surface area contributed by atoms with Crippen molar-refractivity contribution in [3.8, 4) is 0 Å². The number of aromatic nitrogens is 2. The van der Waals surface area contributed by atoms with E-state index in [1.807, 2.05) is 42.5 Å². The summed E-state index contributed by atoms with van der Waals surface area (Å²) < 4.78 is 1.26. The number of nitrogens with zero attached hydrogens (tertiary/aromatic N) is 3. The maximum Gasteiger partial charge on any atom is 0.261 e. The van der Waals surface area contributed by atoms with Crippen molar-refractivity contribution in [3.05, 3.63) is 82.9 Å². The van der Waals surface area contributed by atoms with E-state index in [1.165, 1.54) is 17.1 Å². The van der Waals surface area contributed by atoms with Crippen molar-refractivity contribution in [2.75, 3.05) is 0 Å². The van der Waals surface area contributed by atoms with Gasteiger partial charge in [-0.1, -0.05) is 48.5 Å². The third-order valence-electron chi connectivity index (χ3n) is 3.48. The van der Waals surface area contributed by atoms with Gasteiger partial charge in [0.15, 0.2) is 0 Å². The van der Waals surface area contributed by atoms with E-state index < -0.39 is 5.91 Å². The lowest BCUT2D eigenvalue weighted by molar-refractivity contribution is -0.121. The fourth-order valence-corrected chi connectivity index (χ4v) is 2.28. The molecule has 0 unspecified atom stereocenters. The van der Waals surface area contributed by atoms with Crippen molar-refractivity contribution in [2.45, 2.75) is 6.54 Å². The molecule has 0 radical (unpaired) electrons. The lowest BCUT2D eigenvalue weighted by atomic mass is 10.2. The molecule has 25 heavy (non-hydrogen) atoms. The molecule has 0 fully saturated rings. The molecule has 3 aromatic rings. The third kappa shape index (κ3) is 4.26. The summed E-state index contributed by atoms with van der Waals surface area (Å²) in [6.45, 7) is -0.142. The van der Waals surface area contributed by atoms with Gasteiger partial charge < -0.3 is 0 Å². The minimum absolute atomic E-state index is 0.142. The Kier molecular flexibility index (Phi) is 5.11. The topological polar surface area (TPSA) is 76.3 Å². The summed E-state index contributed by atoms with van der Waals surface area (Å²) in [5, 5.41) is 4.31. The van der Waals surface area contributed by atoms with E-state index in [4.69, 9.17) is 0 Å². The van der Waals surface area contributed by atoms with Crippen LogP contribution in [0.15, 0.2) is 76.9 Å². The second kappa shape index (κ2) is 7.83. The molecule has 124 valence electrons. The maximum absolute atomic E-state index is 12.3. The van der Waals surface area contributed by atoms with Crippen LogP contribution in [-0.4, -0.2) is 21.7 Å². The summed E-state index contributed by atoms with van der Waals surface area (Å²) in [4.78, 5) is 28.4. The number of hydrogen-bond acceptors (Lipinski definition) is 4. The van der Waals surface area contributed by atoms with Crippen molar-refractivity contribution in [3.63, 3.8) is 0 Å². The summed E-state index contributed by atoms with van der Waals surface area (Å²) in [7, 11) is 0. The Morgan fingerprint density at radius 1 is 1.12 bits per heavy atom. The minimum Gasteiger partial charge on any atom is -0.289 e. The van der Waals surface area contributed by atoms with Crippen LogP contribution in [0.3, 0.4) is 0 Å². The van der Waals surface area contributed by atoms with Crippen LogP contribution in [0, 0.1) is 0 Å². The summed E-state index contributed by atoms with van der Waals surface area (Å²) in [5.41, 5.74) is 3.77. The molecule has 1 amide bonds. The zero-order valence-electron chi connectivity index (χ0n) is 13.4. The molecule has 0 atom stereocenters. The monoisotopic (exact) mass is 332 g/mol. The van der Waals surface area contributed by atoms with Gasteiger partial charge in [-0.05, 0) is 23.8 Å². The van der Waals surface area contributed by atoms with Crippen LogP contribution in [0.4, 0.5) is 0 Å². The van der Waals surface area contributed by atoms with Crippen LogP contribution >= 0.6 is 0 Å². The lowest BCUT2D eigenvalue weighted by Gasteiger charge is -2.05. The Morgan fingerprint density at radius 2 is 1.88 bits per heavy atom. The van der Waals surface area contributed by atoms with E-state index in [9.17, 15) is 9.59 Å². The Hall–Kier alpha value is -3.54. The number of hydrogen-bond donors (Lipinski definition) is 1. The van der Waals surface area contributed by atoms with E-state index in [-0.39, 0.29) is 12.1 Å². The van der Waals surface area contributed by atoms with Crippen molar-refractivity contribution in [2.24, 2.45) is 5.10 Å². The summed E-state index contributed by atoms with van der Waals surface area (Å²) >= 11 is 0. The number of allylic oxidation sites excluding steroid dienone is 1. The van der Waals surface area contributed by atoms with E-state index in [1.54, 1.807) is 24.3 Å². The van der Waals surface area contributed by atoms with Crippen LogP contribution in [0.1, 0.15) is 5.56 Å². The molecular weight excluding hydrogens is 316 g/mol. The number of hydrazone groups is 1. The van der Waals surface area contributed by atoms with Crippen LogP contribution in [-0.2, 0) is 11.3 Å². The SMILES string of the molecule is O=C(Cn1cnc2ccccc2c1=O)N/N=C/C=C/c1ccccc1. The largest absolute Gasteiger partial charge is 0.289 e. The number of para-hydroxylation sites is 1. The van der Waals surface area contributed by atoms with E-state index >= 15 is 0 Å². The molecule has 0 aliphatic carbocycles. The smallest absolute Gasteiger partial charge is 0.261 e. The van der Waals surface area contributed by atoms with Gasteiger partial charge in [0.25, 0.3) is 11.5 Å². The van der Waals surface area contributed by atoms with E-state index in [2.05, 4.69) is 15.5 Å². The molecule has 0 saturated carbocycles. The van der Waals surface area contributed by atoms with Gasteiger partial charge in [0.05, 0.1) is 17.2 Å². The minimum atomic E-state index is -0.399. The fourth-order valence-electron chi connectivity index (χ4n) is 2.28. The first-order valence-electron chi connectivity index (χ1n) is 7.72. The zero-order valence-corrected chi connectivity index (χ0v) is 13.4. The molecule has 3 rings (SSSR count). The molecule has 2 aromatic carbocycles. The molecule has 6 heteroatoms. The Bertz CT molecular complexity index is 991. The number of carbonyl (C=O) groups is 1. The zero-order chi connectivity index (χ0) is 17.5. The highest BCUT2D eigenvalue weighted by Gasteiger charge is 2.06. The number of rotatable bonds is 5. The average Bonchev–Trinajstić information content (AvgIpc) is 2.65. The lowest BCUT2D eigenvalue weighted by Crippen LogP contribution is -2.30. The molecule has 0 aliphatic rings. The second-order valence-electron chi connectivity index (χ2n) is 5.28. The van der Waals surface area contributed by atoms with Crippen LogP contribution in [0.5, 0.6) is 0 Å². The van der Waals surface area contributed by atoms with E-state index in [0.29, 0.717) is 10.9 Å². The standard InChI is InChI=1S/C19H16N4O2/c24-18(22-21-12-6-9-15-7-2-1-3-8-15)13-23-14-20-17-11-5-4-10-16(17)19(23)25/h1-12,14H,13H2,(H,22,24)/b9-6+,21-12+. The molecule has 1 heterocycles. The number of amides is 1. The molecular formula is C19H16N4O2. The van der Waals surface area contributed by atoms with Gasteiger partial charge in [-0.3, -0.25) is 14.2 Å². The van der Waals surface area contributed by atoms with Crippen molar-refractivity contribution in [1.82, 2.24) is 15.0 Å². The van der Waals surface area contributed by atoms with Gasteiger partial charge >= 0.3 is 0 Å². The highest BCUT2D eigenvalue weighted by molar-refractivity contribution is 5.81. The summed E-state index contributed by atoms with van der Waals surface area (Å²) in [5.74, 6) is -0.399. The molecule has 6 nitrogen and oxygen atoms in total. The van der Waals surface area contributed by atoms with Gasteiger partial charge in [-0.25, -0.2) is 10.4 Å². The molecule has 0 bridgehead atoms. The van der Waals surface area contributed by atoms with Crippen LogP contribution < -0.4 is 11.0 Å². The van der Waals surface area contributed by atoms with Crippen LogP contribution in [0.25, 0.3) is 17.0 Å². The molecule has 1 N–H and O–H groups in total. The van der Waals surface area contributed by atoms with Crippen molar-refractivity contribution < 1.29 is 4.79 Å². The van der Waals surface area contributed by atoms with Gasteiger partial charge in [-0.15, -0.1) is 0 Å². The molecule has 0 spiro atoms. The Balaban J connectivity index is 1.59. The quantitative estimate of drug-likeness (QED) is 0.575. The normalized spacial score (nSPS) is 11.4. The maximum atomic E-state index is 12.3. The predicted octanol–water partition coefficient (Wildman–Crippen LogP) is 2.21. The Labute approximate surface area is 144 Å². The summed E-state index contributed by atoms with van der Waals surface area (Å²) in [6, 6.07) is 16.8. The van der Waals surface area contributed by atoms with Gasteiger partial charge in [0.2, 0.25) is 0 Å². The van der Waals surface area contributed by atoms with E-state index in [0.717, 1.165) is 5.56 Å². The van der Waals surface area contributed by atoms with Crippen LogP contribution in [0.2, 0.25) is 0 Å². The highest BCUT2D eigenvalue weighted by Crippen LogP contribution is 2.04. The third-order valence-corrected chi connectivity index (χ3v) is 3.48. The first kappa shape index (κ1) is 16.3. The van der Waals surface area contributed by atoms with Gasteiger partial charge in [-0.2, -0.15) is 5.10 Å². The molecule has 0 aliphatic heterocycles. The second-order valence-corrected chi connectivity index (χ2v) is 5.28. The highest BCUT2D eigenvalue weighted by atomic mass is 16.2. The number of benzene rings is 2. The Morgan fingerprint density at radius 3 is 2.72 bits per heavy atom. The van der Waals surface area contributed by atoms with Crippen molar-refractivity contribution >= 4 is 29.1 Å². The summed E-state index contributed by atoms with van der Waals surface area (Å²) in [6.07, 6.45) is 6.43. The molecule has 0 saturated heterocycles. The number of fused-ring (bicyclic) bond motifs is 1. The number of nitrogens with one attached hydrogen (secondary N) is 1. The average molecular weight is 332 g/mol. The first-order valence-corrected chi connectivity index (χ1v) is 7.72. The predicted molar refractivity (Wildman–Crippen MR) is 98.1 cm³/mol. The number of carbonyl (C=O) groups excluding carboxylic acids is 1. The fraction of sp³-hybridized carbons (Fsp3) is 0.0526. The van der Waals surface area contributed by atoms with Gasteiger partial charge in [0.1, 0.15) is 6.54 Å². The molecule has 1 aromatic heterocycles. The van der Waals surface area contributed by atoms with Crippen molar-refractivity contribution in [1.29, 1.82) is 0 Å².